The Morgan fingerprint density at radius 2 is 2.24 bits per heavy atom. The maximum Gasteiger partial charge on any atom is 0.274 e. The topological polar surface area (TPSA) is 52.4 Å². The number of halogens is 2. The minimum atomic E-state index is -0.430. The van der Waals surface area contributed by atoms with Crippen molar-refractivity contribution in [2.45, 2.75) is 18.2 Å². The molecule has 1 aromatic carbocycles. The van der Waals surface area contributed by atoms with E-state index in [1.807, 2.05) is 0 Å². The first-order valence-corrected chi connectivity index (χ1v) is 5.92. The van der Waals surface area contributed by atoms with E-state index in [9.17, 15) is 10.1 Å². The molecule has 0 aromatic heterocycles. The second-order valence-electron chi connectivity index (χ2n) is 3.59. The van der Waals surface area contributed by atoms with Crippen molar-refractivity contribution in [3.05, 3.63) is 38.9 Å². The molecule has 1 aromatic rings. The van der Waals surface area contributed by atoms with E-state index >= 15 is 0 Å². The van der Waals surface area contributed by atoms with Gasteiger partial charge in [0.25, 0.3) is 5.69 Å². The minimum absolute atomic E-state index is 0.0405. The van der Waals surface area contributed by atoms with Gasteiger partial charge in [-0.15, -0.1) is 11.6 Å². The molecule has 0 radical (unpaired) electrons. The lowest BCUT2D eigenvalue weighted by Crippen LogP contribution is -2.09. The molecule has 0 heterocycles. The Kier molecular flexibility index (Phi) is 5.68. The molecular formula is C11H13Cl2NO3. The molecule has 0 bridgehead atoms. The Balaban J connectivity index is 2.79. The molecule has 4 nitrogen and oxygen atoms in total. The van der Waals surface area contributed by atoms with E-state index < -0.39 is 4.92 Å². The van der Waals surface area contributed by atoms with E-state index in [4.69, 9.17) is 27.9 Å². The predicted molar refractivity (Wildman–Crippen MR) is 67.9 cm³/mol. The number of benzene rings is 1. The Bertz CT molecular complexity index is 398. The molecule has 0 saturated heterocycles. The van der Waals surface area contributed by atoms with Gasteiger partial charge in [0.05, 0.1) is 21.9 Å². The average Bonchev–Trinajstić information content (AvgIpc) is 2.27. The average molecular weight is 278 g/mol. The van der Waals surface area contributed by atoms with Crippen LogP contribution in [-0.4, -0.2) is 24.0 Å². The van der Waals surface area contributed by atoms with Gasteiger partial charge < -0.3 is 4.74 Å². The van der Waals surface area contributed by atoms with Crippen LogP contribution in [0.25, 0.3) is 0 Å². The van der Waals surface area contributed by atoms with Crippen LogP contribution in [0.3, 0.4) is 0 Å². The highest BCUT2D eigenvalue weighted by Gasteiger charge is 2.17. The highest BCUT2D eigenvalue weighted by Crippen LogP contribution is 2.28. The molecule has 0 N–H and O–H groups in total. The van der Waals surface area contributed by atoms with Crippen molar-refractivity contribution >= 4 is 28.9 Å². The Hall–Kier alpha value is -0.840. The summed E-state index contributed by atoms with van der Waals surface area (Å²) >= 11 is 11.9. The fourth-order valence-electron chi connectivity index (χ4n) is 1.53. The molecule has 1 rings (SSSR count). The third kappa shape index (κ3) is 4.15. The van der Waals surface area contributed by atoms with E-state index in [1.54, 1.807) is 19.2 Å². The number of hydrogen-bond acceptors (Lipinski definition) is 3. The van der Waals surface area contributed by atoms with Crippen LogP contribution >= 0.6 is 23.2 Å². The molecular weight excluding hydrogens is 265 g/mol. The molecule has 17 heavy (non-hydrogen) atoms. The summed E-state index contributed by atoms with van der Waals surface area (Å²) in [7, 11) is 1.56. The molecule has 1 unspecified atom stereocenters. The first-order valence-electron chi connectivity index (χ1n) is 5.11. The van der Waals surface area contributed by atoms with Gasteiger partial charge in [0.15, 0.2) is 0 Å². The molecule has 0 amide bonds. The molecule has 1 atom stereocenters. The summed E-state index contributed by atoms with van der Waals surface area (Å²) in [5, 5.41) is 11.1. The Morgan fingerprint density at radius 1 is 1.53 bits per heavy atom. The molecule has 6 heteroatoms. The Morgan fingerprint density at radius 3 is 2.82 bits per heavy atom. The zero-order chi connectivity index (χ0) is 12.8. The van der Waals surface area contributed by atoms with Crippen LogP contribution in [0.2, 0.25) is 5.02 Å². The summed E-state index contributed by atoms with van der Waals surface area (Å²) in [5.74, 6) is 0. The lowest BCUT2D eigenvalue weighted by Gasteiger charge is -2.09. The van der Waals surface area contributed by atoms with Crippen molar-refractivity contribution in [3.8, 4) is 0 Å². The normalized spacial score (nSPS) is 12.4. The number of methoxy groups -OCH3 is 1. The summed E-state index contributed by atoms with van der Waals surface area (Å²) < 4.78 is 4.90. The quantitative estimate of drug-likeness (QED) is 0.455. The van der Waals surface area contributed by atoms with Crippen LogP contribution in [0.5, 0.6) is 0 Å². The minimum Gasteiger partial charge on any atom is -0.383 e. The van der Waals surface area contributed by atoms with Crippen LogP contribution < -0.4 is 0 Å². The SMILES string of the molecule is COCC(Cl)CCc1c(Cl)cccc1[N+](=O)[O-]. The van der Waals surface area contributed by atoms with Gasteiger partial charge in [0.2, 0.25) is 0 Å². The summed E-state index contributed by atoms with van der Waals surface area (Å²) in [4.78, 5) is 10.4. The lowest BCUT2D eigenvalue weighted by molar-refractivity contribution is -0.385. The number of nitro groups is 1. The molecule has 94 valence electrons. The van der Waals surface area contributed by atoms with Crippen molar-refractivity contribution in [3.63, 3.8) is 0 Å². The van der Waals surface area contributed by atoms with Crippen LogP contribution in [-0.2, 0) is 11.2 Å². The van der Waals surface area contributed by atoms with Crippen LogP contribution in [0.1, 0.15) is 12.0 Å². The molecule has 0 aliphatic heterocycles. The number of alkyl halides is 1. The van der Waals surface area contributed by atoms with E-state index in [0.29, 0.717) is 30.0 Å². The number of rotatable bonds is 6. The second kappa shape index (κ2) is 6.79. The van der Waals surface area contributed by atoms with Crippen molar-refractivity contribution in [1.82, 2.24) is 0 Å². The molecule has 0 fully saturated rings. The third-order valence-electron chi connectivity index (χ3n) is 2.35. The van der Waals surface area contributed by atoms with Crippen molar-refractivity contribution in [1.29, 1.82) is 0 Å². The number of nitrogens with zero attached hydrogens (tertiary/aromatic N) is 1. The highest BCUT2D eigenvalue weighted by molar-refractivity contribution is 6.31. The second-order valence-corrected chi connectivity index (χ2v) is 4.61. The van der Waals surface area contributed by atoms with Gasteiger partial charge >= 0.3 is 0 Å². The molecule has 0 aliphatic rings. The van der Waals surface area contributed by atoms with Gasteiger partial charge in [-0.05, 0) is 18.9 Å². The van der Waals surface area contributed by atoms with Gasteiger partial charge in [-0.2, -0.15) is 0 Å². The van der Waals surface area contributed by atoms with Crippen LogP contribution in [0.15, 0.2) is 18.2 Å². The maximum atomic E-state index is 10.8. The van der Waals surface area contributed by atoms with Gasteiger partial charge in [-0.25, -0.2) is 0 Å². The van der Waals surface area contributed by atoms with E-state index in [0.717, 1.165) is 0 Å². The molecule has 0 spiro atoms. The monoisotopic (exact) mass is 277 g/mol. The highest BCUT2D eigenvalue weighted by atomic mass is 35.5. The summed E-state index contributed by atoms with van der Waals surface area (Å²) in [6, 6.07) is 4.65. The van der Waals surface area contributed by atoms with Gasteiger partial charge in [-0.1, -0.05) is 17.7 Å². The van der Waals surface area contributed by atoms with Crippen molar-refractivity contribution in [2.75, 3.05) is 13.7 Å². The fourth-order valence-corrected chi connectivity index (χ4v) is 2.03. The number of nitro benzene ring substituents is 1. The van der Waals surface area contributed by atoms with E-state index in [2.05, 4.69) is 0 Å². The lowest BCUT2D eigenvalue weighted by atomic mass is 10.1. The smallest absolute Gasteiger partial charge is 0.274 e. The number of hydrogen-bond donors (Lipinski definition) is 0. The molecule has 0 saturated carbocycles. The van der Waals surface area contributed by atoms with Gasteiger partial charge in [0.1, 0.15) is 0 Å². The Labute approximate surface area is 110 Å². The van der Waals surface area contributed by atoms with Gasteiger partial charge in [0, 0.05) is 18.7 Å². The van der Waals surface area contributed by atoms with E-state index in [1.165, 1.54) is 6.07 Å². The standard InChI is InChI=1S/C11H13Cl2NO3/c1-17-7-8(12)5-6-9-10(13)3-2-4-11(9)14(15)16/h2-4,8H,5-7H2,1H3. The molecule has 0 aliphatic carbocycles. The van der Waals surface area contributed by atoms with E-state index in [-0.39, 0.29) is 11.1 Å². The first kappa shape index (κ1) is 14.2. The van der Waals surface area contributed by atoms with Crippen LogP contribution in [0.4, 0.5) is 5.69 Å². The van der Waals surface area contributed by atoms with Gasteiger partial charge in [-0.3, -0.25) is 10.1 Å². The third-order valence-corrected chi connectivity index (χ3v) is 3.04. The van der Waals surface area contributed by atoms with Crippen molar-refractivity contribution in [2.24, 2.45) is 0 Å². The predicted octanol–water partition coefficient (Wildman–Crippen LogP) is 3.43. The van der Waals surface area contributed by atoms with Crippen LogP contribution in [0, 0.1) is 10.1 Å². The number of ether oxygens (including phenoxy) is 1. The largest absolute Gasteiger partial charge is 0.383 e. The summed E-state index contributed by atoms with van der Waals surface area (Å²) in [6.07, 6.45) is 1.05. The maximum absolute atomic E-state index is 10.8. The summed E-state index contributed by atoms with van der Waals surface area (Å²) in [6.45, 7) is 0.416. The zero-order valence-corrected chi connectivity index (χ0v) is 10.9. The van der Waals surface area contributed by atoms with Crippen molar-refractivity contribution < 1.29 is 9.66 Å². The fraction of sp³-hybridized carbons (Fsp3) is 0.455. The summed E-state index contributed by atoms with van der Waals surface area (Å²) in [5.41, 5.74) is 0.569. The first-order chi connectivity index (χ1) is 8.06. The zero-order valence-electron chi connectivity index (χ0n) is 9.36.